The first kappa shape index (κ1) is 21.4. The molecule has 1 N–H and O–H groups in total. The first-order valence-corrected chi connectivity index (χ1v) is 11.2. The fourth-order valence-electron chi connectivity index (χ4n) is 7.68. The van der Waals surface area contributed by atoms with E-state index in [4.69, 9.17) is 4.74 Å². The van der Waals surface area contributed by atoms with Crippen LogP contribution in [0.5, 0.6) is 0 Å². The van der Waals surface area contributed by atoms with Gasteiger partial charge < -0.3 is 9.84 Å². The molecule has 0 spiro atoms. The predicted molar refractivity (Wildman–Crippen MR) is 108 cm³/mol. The molecule has 8 atom stereocenters. The van der Waals surface area contributed by atoms with Gasteiger partial charge in [0.25, 0.3) is 0 Å². The van der Waals surface area contributed by atoms with E-state index >= 15 is 0 Å². The summed E-state index contributed by atoms with van der Waals surface area (Å²) in [4.78, 5) is 47.7. The third-order valence-corrected chi connectivity index (χ3v) is 9.16. The van der Waals surface area contributed by atoms with Crippen LogP contribution in [-0.2, 0) is 23.9 Å². The molecule has 4 rings (SSSR count). The molecule has 4 aliphatic rings. The minimum Gasteiger partial charge on any atom is -0.459 e. The van der Waals surface area contributed by atoms with Crippen molar-refractivity contribution in [1.82, 2.24) is 0 Å². The van der Waals surface area contributed by atoms with E-state index in [1.54, 1.807) is 13.0 Å². The number of Topliss-reactive ketones (excluding diaryl/α,β-unsaturated/α-hetero) is 1. The molecule has 4 aliphatic carbocycles. The van der Waals surface area contributed by atoms with Crippen LogP contribution >= 0.6 is 0 Å². The summed E-state index contributed by atoms with van der Waals surface area (Å²) in [5.41, 5.74) is 0.572. The number of fused-ring (bicyclic) bond motifs is 5. The average molecular weight is 417 g/mol. The highest BCUT2D eigenvalue weighted by Crippen LogP contribution is 2.66. The van der Waals surface area contributed by atoms with Crippen LogP contribution in [0.3, 0.4) is 0 Å². The molecule has 0 saturated heterocycles. The second-order valence-corrected chi connectivity index (χ2v) is 10.3. The van der Waals surface area contributed by atoms with Crippen molar-refractivity contribution in [3.05, 3.63) is 11.6 Å². The average Bonchev–Trinajstić information content (AvgIpc) is 3.05. The molecular weight excluding hydrogens is 384 g/mol. The quantitative estimate of drug-likeness (QED) is 0.430. The number of aliphatic hydroxyl groups is 1. The zero-order chi connectivity index (χ0) is 21.8. The van der Waals surface area contributed by atoms with E-state index in [1.807, 2.05) is 0 Å². The highest BCUT2D eigenvalue weighted by atomic mass is 16.6. The number of esters is 1. The van der Waals surface area contributed by atoms with Gasteiger partial charge in [0.2, 0.25) is 6.10 Å². The Hall–Kier alpha value is -1.82. The highest BCUT2D eigenvalue weighted by Gasteiger charge is 2.62. The van der Waals surface area contributed by atoms with Gasteiger partial charge in [-0.05, 0) is 74.7 Å². The van der Waals surface area contributed by atoms with Gasteiger partial charge in [0.1, 0.15) is 11.9 Å². The molecule has 30 heavy (non-hydrogen) atoms. The molecule has 0 aromatic heterocycles. The topological polar surface area (TPSA) is 97.7 Å². The Morgan fingerprint density at radius 2 is 1.93 bits per heavy atom. The van der Waals surface area contributed by atoms with E-state index < -0.39 is 23.6 Å². The van der Waals surface area contributed by atoms with Gasteiger partial charge >= 0.3 is 5.97 Å². The predicted octanol–water partition coefficient (Wildman–Crippen LogP) is 2.81. The Kier molecular flexibility index (Phi) is 5.28. The summed E-state index contributed by atoms with van der Waals surface area (Å²) < 4.78 is 5.60. The molecule has 2 unspecified atom stereocenters. The largest absolute Gasteiger partial charge is 0.459 e. The molecule has 0 aromatic rings. The van der Waals surface area contributed by atoms with Crippen LogP contribution in [0.25, 0.3) is 0 Å². The van der Waals surface area contributed by atoms with Gasteiger partial charge in [0.05, 0.1) is 0 Å². The number of rotatable bonds is 4. The number of carbonyl (C=O) groups excluding carboxylic acids is 4. The summed E-state index contributed by atoms with van der Waals surface area (Å²) in [6.07, 6.45) is 5.12. The lowest BCUT2D eigenvalue weighted by molar-refractivity contribution is -0.174. The molecular formula is C24H32O6. The molecule has 3 fully saturated rings. The highest BCUT2D eigenvalue weighted by molar-refractivity contribution is 5.94. The first-order valence-electron chi connectivity index (χ1n) is 11.2. The molecule has 6 nitrogen and oxygen atoms in total. The third kappa shape index (κ3) is 3.02. The number of aldehydes is 1. The maximum Gasteiger partial charge on any atom is 0.342 e. The normalized spacial score (nSPS) is 43.5. The van der Waals surface area contributed by atoms with Gasteiger partial charge in [-0.15, -0.1) is 0 Å². The molecule has 6 heteroatoms. The van der Waals surface area contributed by atoms with Crippen molar-refractivity contribution in [3.8, 4) is 0 Å². The number of carbonyl (C=O) groups is 4. The zero-order valence-corrected chi connectivity index (χ0v) is 18.1. The van der Waals surface area contributed by atoms with Crippen molar-refractivity contribution in [2.75, 3.05) is 0 Å². The third-order valence-electron chi connectivity index (χ3n) is 9.16. The zero-order valence-electron chi connectivity index (χ0n) is 18.1. The molecule has 0 bridgehead atoms. The molecule has 0 aliphatic heterocycles. The molecule has 0 radical (unpaired) electrons. The standard InChI is InChI=1S/C24H32O6/c1-13(26)17-6-7-18-16-5-4-14-10-15(27)11-21(30-22(29)20(28)12-25)24(14,3)19(16)8-9-23(17,18)2/h10,12,16-21,28H,4-9,11H2,1-3H3/t16-,17+,18-,19-,20?,21?,23+,24-/m0/s1. The fraction of sp³-hybridized carbons (Fsp3) is 0.750. The van der Waals surface area contributed by atoms with Crippen LogP contribution in [0, 0.1) is 34.5 Å². The summed E-state index contributed by atoms with van der Waals surface area (Å²) >= 11 is 0. The van der Waals surface area contributed by atoms with Gasteiger partial charge in [-0.25, -0.2) is 4.79 Å². The van der Waals surface area contributed by atoms with Gasteiger partial charge in [0.15, 0.2) is 12.1 Å². The Bertz CT molecular complexity index is 815. The van der Waals surface area contributed by atoms with E-state index in [-0.39, 0.29) is 35.7 Å². The number of hydrogen-bond donors (Lipinski definition) is 1. The van der Waals surface area contributed by atoms with Crippen LogP contribution in [-0.4, -0.2) is 41.1 Å². The number of aliphatic hydroxyl groups excluding tert-OH is 1. The van der Waals surface area contributed by atoms with Crippen LogP contribution in [0.2, 0.25) is 0 Å². The van der Waals surface area contributed by atoms with Crippen LogP contribution < -0.4 is 0 Å². The van der Waals surface area contributed by atoms with E-state index in [0.717, 1.165) is 44.1 Å². The minimum atomic E-state index is -1.82. The van der Waals surface area contributed by atoms with Crippen molar-refractivity contribution < 1.29 is 29.0 Å². The second-order valence-electron chi connectivity index (χ2n) is 10.3. The van der Waals surface area contributed by atoms with Gasteiger partial charge in [0, 0.05) is 17.8 Å². The molecule has 3 saturated carbocycles. The van der Waals surface area contributed by atoms with Crippen LogP contribution in [0.1, 0.15) is 65.7 Å². The molecule has 164 valence electrons. The van der Waals surface area contributed by atoms with Crippen molar-refractivity contribution >= 4 is 23.8 Å². The lowest BCUT2D eigenvalue weighted by atomic mass is 9.46. The van der Waals surface area contributed by atoms with Crippen molar-refractivity contribution in [2.45, 2.75) is 77.9 Å². The summed E-state index contributed by atoms with van der Waals surface area (Å²) in [5, 5.41) is 9.60. The van der Waals surface area contributed by atoms with E-state index in [1.165, 1.54) is 0 Å². The van der Waals surface area contributed by atoms with Crippen molar-refractivity contribution in [3.63, 3.8) is 0 Å². The second kappa shape index (κ2) is 7.40. The van der Waals surface area contributed by atoms with Crippen LogP contribution in [0.4, 0.5) is 0 Å². The Morgan fingerprint density at radius 1 is 1.20 bits per heavy atom. The number of ketones is 2. The molecule has 0 amide bonds. The lowest BCUT2D eigenvalue weighted by Gasteiger charge is -2.59. The maximum absolute atomic E-state index is 12.4. The smallest absolute Gasteiger partial charge is 0.342 e. The minimum absolute atomic E-state index is 0.0228. The van der Waals surface area contributed by atoms with Crippen molar-refractivity contribution in [2.24, 2.45) is 34.5 Å². The first-order chi connectivity index (χ1) is 14.1. The Balaban J connectivity index is 1.67. The van der Waals surface area contributed by atoms with E-state index in [9.17, 15) is 24.3 Å². The summed E-state index contributed by atoms with van der Waals surface area (Å²) in [5.74, 6) is 0.485. The van der Waals surface area contributed by atoms with Gasteiger partial charge in [-0.3, -0.25) is 14.4 Å². The fourth-order valence-corrected chi connectivity index (χ4v) is 7.68. The monoisotopic (exact) mass is 416 g/mol. The summed E-state index contributed by atoms with van der Waals surface area (Å²) in [6, 6.07) is 0. The molecule has 0 heterocycles. The molecule has 0 aromatic carbocycles. The summed E-state index contributed by atoms with van der Waals surface area (Å²) in [7, 11) is 0. The van der Waals surface area contributed by atoms with E-state index in [0.29, 0.717) is 17.6 Å². The Morgan fingerprint density at radius 3 is 2.60 bits per heavy atom. The Labute approximate surface area is 177 Å². The maximum atomic E-state index is 12.4. The SMILES string of the molecule is CC(=O)[C@H]1CC[C@H]2[C@@H]3CCC4=CC(=O)CC(OC(=O)C(O)C=O)[C@]4(C)[C@H]3CC[C@]12C. The van der Waals surface area contributed by atoms with Gasteiger partial charge in [-0.2, -0.15) is 0 Å². The van der Waals surface area contributed by atoms with Crippen LogP contribution in [0.15, 0.2) is 11.6 Å². The van der Waals surface area contributed by atoms with E-state index in [2.05, 4.69) is 13.8 Å². The number of ether oxygens (including phenoxy) is 1. The van der Waals surface area contributed by atoms with Crippen molar-refractivity contribution in [1.29, 1.82) is 0 Å². The number of hydrogen-bond acceptors (Lipinski definition) is 6. The van der Waals surface area contributed by atoms with Gasteiger partial charge in [-0.1, -0.05) is 19.4 Å². The lowest BCUT2D eigenvalue weighted by Crippen LogP contribution is -2.56. The summed E-state index contributed by atoms with van der Waals surface area (Å²) in [6.45, 7) is 6.09.